The number of aromatic nitrogens is 1. The predicted octanol–water partition coefficient (Wildman–Crippen LogP) is 3.04. The van der Waals surface area contributed by atoms with Gasteiger partial charge < -0.3 is 20.3 Å². The first kappa shape index (κ1) is 19.2. The van der Waals surface area contributed by atoms with Crippen LogP contribution in [-0.4, -0.2) is 34.0 Å². The molecule has 0 spiro atoms. The van der Waals surface area contributed by atoms with Crippen molar-refractivity contribution in [3.63, 3.8) is 0 Å². The average Bonchev–Trinajstić information content (AvgIpc) is 2.99. The molecule has 0 bridgehead atoms. The monoisotopic (exact) mass is 379 g/mol. The minimum Gasteiger partial charge on any atom is -0.480 e. The Morgan fingerprint density at radius 2 is 1.68 bits per heavy atom. The third kappa shape index (κ3) is 3.73. The summed E-state index contributed by atoms with van der Waals surface area (Å²) >= 11 is 0. The highest BCUT2D eigenvalue weighted by molar-refractivity contribution is 6.08. The number of para-hydroxylation sites is 1. The van der Waals surface area contributed by atoms with E-state index in [0.717, 1.165) is 16.5 Å². The van der Waals surface area contributed by atoms with Gasteiger partial charge >= 0.3 is 5.97 Å². The van der Waals surface area contributed by atoms with Crippen LogP contribution in [0.4, 0.5) is 5.69 Å². The second-order valence-electron chi connectivity index (χ2n) is 6.34. The topological polar surface area (TPSA) is 100 Å². The number of aryl methyl sites for hydroxylation is 2. The summed E-state index contributed by atoms with van der Waals surface area (Å²) < 4.78 is 1.98. The maximum absolute atomic E-state index is 12.9. The summed E-state index contributed by atoms with van der Waals surface area (Å²) in [5.74, 6) is -1.82. The summed E-state index contributed by atoms with van der Waals surface area (Å²) in [6, 6.07) is 14.2. The molecule has 7 nitrogen and oxygen atoms in total. The Labute approximate surface area is 162 Å². The number of rotatable bonds is 6. The largest absolute Gasteiger partial charge is 0.480 e. The van der Waals surface area contributed by atoms with Crippen LogP contribution in [0.15, 0.2) is 48.5 Å². The lowest BCUT2D eigenvalue weighted by Crippen LogP contribution is -2.29. The second-order valence-corrected chi connectivity index (χ2v) is 6.34. The number of anilines is 1. The van der Waals surface area contributed by atoms with Gasteiger partial charge in [0, 0.05) is 28.7 Å². The molecule has 3 aromatic rings. The van der Waals surface area contributed by atoms with Crippen LogP contribution in [0.5, 0.6) is 0 Å². The van der Waals surface area contributed by atoms with E-state index in [0.29, 0.717) is 23.5 Å². The molecule has 0 saturated carbocycles. The van der Waals surface area contributed by atoms with E-state index in [1.807, 2.05) is 42.7 Å². The van der Waals surface area contributed by atoms with Crippen LogP contribution < -0.4 is 10.6 Å². The quantitative estimate of drug-likeness (QED) is 0.613. The van der Waals surface area contributed by atoms with Crippen molar-refractivity contribution in [1.29, 1.82) is 0 Å². The molecule has 2 amide bonds. The molecule has 1 aromatic heterocycles. The Kier molecular flexibility index (Phi) is 5.44. The number of fused-ring (bicyclic) bond motifs is 1. The normalized spacial score (nSPS) is 10.6. The number of hydrogen-bond acceptors (Lipinski definition) is 3. The van der Waals surface area contributed by atoms with Gasteiger partial charge in [-0.2, -0.15) is 0 Å². The Hall–Kier alpha value is -3.61. The summed E-state index contributed by atoms with van der Waals surface area (Å²) in [5, 5.41) is 14.8. The lowest BCUT2D eigenvalue weighted by atomic mass is 10.1. The molecule has 1 heterocycles. The fourth-order valence-electron chi connectivity index (χ4n) is 3.25. The van der Waals surface area contributed by atoms with Crippen LogP contribution in [0.25, 0.3) is 10.9 Å². The van der Waals surface area contributed by atoms with Crippen molar-refractivity contribution in [3.05, 3.63) is 65.4 Å². The van der Waals surface area contributed by atoms with Crippen molar-refractivity contribution >= 4 is 34.4 Å². The molecule has 0 radical (unpaired) electrons. The summed E-state index contributed by atoms with van der Waals surface area (Å²) in [6.07, 6.45) is 0. The highest BCUT2D eigenvalue weighted by Crippen LogP contribution is 2.26. The van der Waals surface area contributed by atoms with E-state index in [9.17, 15) is 14.4 Å². The minimum atomic E-state index is -1.11. The molecule has 2 aromatic carbocycles. The van der Waals surface area contributed by atoms with E-state index < -0.39 is 18.4 Å². The summed E-state index contributed by atoms with van der Waals surface area (Å²) in [5.41, 5.74) is 3.40. The lowest BCUT2D eigenvalue weighted by Gasteiger charge is -2.10. The van der Waals surface area contributed by atoms with E-state index in [4.69, 9.17) is 5.11 Å². The molecule has 7 heteroatoms. The summed E-state index contributed by atoms with van der Waals surface area (Å²) in [6.45, 7) is 4.14. The Morgan fingerprint density at radius 1 is 1.00 bits per heavy atom. The number of hydrogen-bond donors (Lipinski definition) is 3. The highest BCUT2D eigenvalue weighted by Gasteiger charge is 2.19. The second kappa shape index (κ2) is 7.96. The molecule has 3 rings (SSSR count). The van der Waals surface area contributed by atoms with Gasteiger partial charge in [-0.25, -0.2) is 0 Å². The van der Waals surface area contributed by atoms with Gasteiger partial charge in [-0.05, 0) is 49.7 Å². The van der Waals surface area contributed by atoms with E-state index in [1.165, 1.54) is 12.1 Å². The van der Waals surface area contributed by atoms with E-state index >= 15 is 0 Å². The molecule has 0 fully saturated rings. The van der Waals surface area contributed by atoms with E-state index in [1.54, 1.807) is 12.1 Å². The van der Waals surface area contributed by atoms with Crippen molar-refractivity contribution in [2.75, 3.05) is 11.9 Å². The maximum atomic E-state index is 12.9. The number of carbonyl (C=O) groups excluding carboxylic acids is 2. The van der Waals surface area contributed by atoms with Gasteiger partial charge in [0.05, 0.1) is 0 Å². The first-order chi connectivity index (χ1) is 13.4. The number of amides is 2. The SMILES string of the molecule is CCn1c(C(=O)Nc2ccc(C(=O)NCC(=O)O)cc2)c(C)c2ccccc21. The molecule has 0 aliphatic rings. The number of carbonyl (C=O) groups is 3. The zero-order valence-corrected chi connectivity index (χ0v) is 15.7. The number of aliphatic carboxylic acids is 1. The van der Waals surface area contributed by atoms with Gasteiger partial charge in [0.1, 0.15) is 12.2 Å². The van der Waals surface area contributed by atoms with Gasteiger partial charge in [-0.3, -0.25) is 14.4 Å². The standard InChI is InChI=1S/C21H21N3O4/c1-3-24-17-7-5-4-6-16(17)13(2)19(24)21(28)23-15-10-8-14(9-11-15)20(27)22-12-18(25)26/h4-11H,3,12H2,1-2H3,(H,22,27)(H,23,28)(H,25,26). The van der Waals surface area contributed by atoms with Crippen LogP contribution in [0.3, 0.4) is 0 Å². The van der Waals surface area contributed by atoms with Crippen LogP contribution >= 0.6 is 0 Å². The molecular formula is C21H21N3O4. The fraction of sp³-hybridized carbons (Fsp3) is 0.190. The van der Waals surface area contributed by atoms with Crippen molar-refractivity contribution in [1.82, 2.24) is 9.88 Å². The van der Waals surface area contributed by atoms with E-state index in [-0.39, 0.29) is 5.91 Å². The van der Waals surface area contributed by atoms with Crippen LogP contribution in [0, 0.1) is 6.92 Å². The van der Waals surface area contributed by atoms with Crippen LogP contribution in [0.1, 0.15) is 33.3 Å². The van der Waals surface area contributed by atoms with Crippen molar-refractivity contribution in [2.24, 2.45) is 0 Å². The molecule has 0 aliphatic heterocycles. The molecule has 0 unspecified atom stereocenters. The minimum absolute atomic E-state index is 0.223. The smallest absolute Gasteiger partial charge is 0.322 e. The number of nitrogens with zero attached hydrogens (tertiary/aromatic N) is 1. The van der Waals surface area contributed by atoms with Gasteiger partial charge in [-0.1, -0.05) is 18.2 Å². The van der Waals surface area contributed by atoms with Crippen LogP contribution in [0.2, 0.25) is 0 Å². The van der Waals surface area contributed by atoms with Gasteiger partial charge in [-0.15, -0.1) is 0 Å². The fourth-order valence-corrected chi connectivity index (χ4v) is 3.25. The van der Waals surface area contributed by atoms with Crippen molar-refractivity contribution in [2.45, 2.75) is 20.4 Å². The lowest BCUT2D eigenvalue weighted by molar-refractivity contribution is -0.135. The third-order valence-electron chi connectivity index (χ3n) is 4.56. The van der Waals surface area contributed by atoms with Crippen LogP contribution in [-0.2, 0) is 11.3 Å². The molecule has 0 aliphatic carbocycles. The highest BCUT2D eigenvalue weighted by atomic mass is 16.4. The predicted molar refractivity (Wildman–Crippen MR) is 107 cm³/mol. The van der Waals surface area contributed by atoms with Gasteiger partial charge in [0.2, 0.25) is 0 Å². The molecule has 0 atom stereocenters. The molecule has 28 heavy (non-hydrogen) atoms. The first-order valence-electron chi connectivity index (χ1n) is 8.91. The Bertz CT molecular complexity index is 1050. The average molecular weight is 379 g/mol. The van der Waals surface area contributed by atoms with Crippen molar-refractivity contribution < 1.29 is 19.5 Å². The first-order valence-corrected chi connectivity index (χ1v) is 8.91. The number of benzene rings is 2. The van der Waals surface area contributed by atoms with Gasteiger partial charge in [0.25, 0.3) is 11.8 Å². The molecule has 144 valence electrons. The molecular weight excluding hydrogens is 358 g/mol. The Balaban J connectivity index is 1.80. The molecule has 3 N–H and O–H groups in total. The zero-order valence-electron chi connectivity index (χ0n) is 15.7. The summed E-state index contributed by atoms with van der Waals surface area (Å²) in [7, 11) is 0. The van der Waals surface area contributed by atoms with Gasteiger partial charge in [0.15, 0.2) is 0 Å². The zero-order chi connectivity index (χ0) is 20.3. The summed E-state index contributed by atoms with van der Waals surface area (Å²) in [4.78, 5) is 35.3. The van der Waals surface area contributed by atoms with Crippen molar-refractivity contribution in [3.8, 4) is 0 Å². The third-order valence-corrected chi connectivity index (χ3v) is 4.56. The number of carboxylic acids is 1. The number of carboxylic acid groups (broad SMARTS) is 1. The molecule has 0 saturated heterocycles. The number of nitrogens with one attached hydrogen (secondary N) is 2. The Morgan fingerprint density at radius 3 is 2.32 bits per heavy atom. The maximum Gasteiger partial charge on any atom is 0.322 e. The van der Waals surface area contributed by atoms with E-state index in [2.05, 4.69) is 10.6 Å².